The fourth-order valence-electron chi connectivity index (χ4n) is 4.36. The minimum absolute atomic E-state index is 0.00703. The van der Waals surface area contributed by atoms with Crippen molar-refractivity contribution in [1.29, 1.82) is 0 Å². The van der Waals surface area contributed by atoms with Crippen molar-refractivity contribution in [2.75, 3.05) is 28.4 Å². The maximum absolute atomic E-state index is 13.8. The number of carbonyl (C=O) groups is 1. The second kappa shape index (κ2) is 10.8. The Balaban J connectivity index is 1.81. The van der Waals surface area contributed by atoms with Crippen LogP contribution in [-0.4, -0.2) is 58.9 Å². The predicted octanol–water partition coefficient (Wildman–Crippen LogP) is 4.40. The number of rotatable bonds is 8. The summed E-state index contributed by atoms with van der Waals surface area (Å²) in [4.78, 5) is 25.8. The third-order valence-corrected chi connectivity index (χ3v) is 6.43. The molecule has 2 aromatic heterocycles. The first-order valence-electron chi connectivity index (χ1n) is 11.6. The van der Waals surface area contributed by atoms with Crippen molar-refractivity contribution in [1.82, 2.24) is 15.0 Å². The van der Waals surface area contributed by atoms with Crippen molar-refractivity contribution >= 4 is 44.5 Å². The summed E-state index contributed by atoms with van der Waals surface area (Å²) in [5, 5.41) is 1.81. The standard InChI is InChI=1S/C28H23N3O7S/c1-34-21-10-9-15(11-22(21)35-2)25-16-12-23(36-3)24(37-4)13-19(16)29-20(14-39-33)26(25)27(32)38-28-30-17-7-5-6-8-18(17)31-28/h5-14H,1-4H3,(H,30,31). The van der Waals surface area contributed by atoms with Gasteiger partial charge in [0.05, 0.1) is 72.9 Å². The normalized spacial score (nSPS) is 10.8. The van der Waals surface area contributed by atoms with E-state index in [0.717, 1.165) is 0 Å². The van der Waals surface area contributed by atoms with Gasteiger partial charge in [-0.15, -0.1) is 0 Å². The Labute approximate surface area is 226 Å². The molecular weight excluding hydrogens is 522 g/mol. The minimum atomic E-state index is -0.761. The quantitative estimate of drug-likeness (QED) is 0.223. The molecule has 0 bridgehead atoms. The lowest BCUT2D eigenvalue weighted by molar-refractivity contribution is 0.0722. The van der Waals surface area contributed by atoms with Crippen LogP contribution in [-0.2, 0) is 11.3 Å². The van der Waals surface area contributed by atoms with E-state index in [9.17, 15) is 9.00 Å². The topological polar surface area (TPSA) is 122 Å². The Morgan fingerprint density at radius 3 is 2.21 bits per heavy atom. The molecule has 39 heavy (non-hydrogen) atoms. The van der Waals surface area contributed by atoms with Crippen LogP contribution in [0.3, 0.4) is 0 Å². The molecule has 5 aromatic rings. The summed E-state index contributed by atoms with van der Waals surface area (Å²) in [6.07, 6.45) is 0. The Morgan fingerprint density at radius 2 is 1.51 bits per heavy atom. The number of para-hydroxylation sites is 2. The van der Waals surface area contributed by atoms with Crippen molar-refractivity contribution in [3.63, 3.8) is 0 Å². The van der Waals surface area contributed by atoms with Crippen LogP contribution < -0.4 is 23.7 Å². The van der Waals surface area contributed by atoms with E-state index in [2.05, 4.69) is 15.0 Å². The average molecular weight is 546 g/mol. The second-order valence-corrected chi connectivity index (χ2v) is 8.63. The van der Waals surface area contributed by atoms with Gasteiger partial charge in [-0.2, -0.15) is 4.98 Å². The van der Waals surface area contributed by atoms with Gasteiger partial charge in [0.15, 0.2) is 23.0 Å². The van der Waals surface area contributed by atoms with E-state index in [1.807, 2.05) is 18.2 Å². The molecule has 0 fully saturated rings. The molecule has 5 rings (SSSR count). The van der Waals surface area contributed by atoms with Gasteiger partial charge in [0.1, 0.15) is 0 Å². The van der Waals surface area contributed by atoms with Crippen LogP contribution in [0, 0.1) is 0 Å². The number of aromatic amines is 1. The van der Waals surface area contributed by atoms with Gasteiger partial charge >= 0.3 is 12.0 Å². The maximum Gasteiger partial charge on any atom is 0.348 e. The molecule has 0 amide bonds. The molecule has 0 spiro atoms. The summed E-state index contributed by atoms with van der Waals surface area (Å²) < 4.78 is 39.3. The van der Waals surface area contributed by atoms with E-state index in [1.54, 1.807) is 36.4 Å². The molecule has 11 heteroatoms. The number of nitrogens with zero attached hydrogens (tertiary/aromatic N) is 2. The summed E-state index contributed by atoms with van der Waals surface area (Å²) in [7, 11) is 6.08. The molecule has 1 N–H and O–H groups in total. The first kappa shape index (κ1) is 25.7. The highest BCUT2D eigenvalue weighted by molar-refractivity contribution is 7.65. The van der Waals surface area contributed by atoms with Crippen LogP contribution in [0.4, 0.5) is 0 Å². The summed E-state index contributed by atoms with van der Waals surface area (Å²) in [6, 6.07) is 15.9. The van der Waals surface area contributed by atoms with Crippen LogP contribution in [0.1, 0.15) is 16.1 Å². The fourth-order valence-corrected chi connectivity index (χ4v) is 4.62. The summed E-state index contributed by atoms with van der Waals surface area (Å²) in [5.74, 6) is 1.06. The molecule has 0 saturated heterocycles. The van der Waals surface area contributed by atoms with E-state index in [0.29, 0.717) is 56.1 Å². The number of esters is 1. The van der Waals surface area contributed by atoms with Crippen LogP contribution in [0.25, 0.3) is 33.1 Å². The minimum Gasteiger partial charge on any atom is -0.493 e. The predicted molar refractivity (Wildman–Crippen MR) is 148 cm³/mol. The average Bonchev–Trinajstić information content (AvgIpc) is 3.37. The van der Waals surface area contributed by atoms with E-state index >= 15 is 0 Å². The highest BCUT2D eigenvalue weighted by atomic mass is 32.1. The van der Waals surface area contributed by atoms with Crippen LogP contribution in [0.15, 0.2) is 54.6 Å². The molecule has 0 atom stereocenters. The maximum atomic E-state index is 13.8. The van der Waals surface area contributed by atoms with Gasteiger partial charge in [-0.25, -0.2) is 14.0 Å². The number of methoxy groups -OCH3 is 4. The zero-order valence-electron chi connectivity index (χ0n) is 21.4. The molecule has 198 valence electrons. The number of benzene rings is 3. The molecule has 10 nitrogen and oxygen atoms in total. The SMILES string of the molecule is COc1ccc(-c2c(C(=O)Oc3nc4ccccc4[nH]3)c(C=S=O)nc3cc(OC)c(OC)cc23)cc1OC. The Bertz CT molecular complexity index is 1740. The molecule has 0 unspecified atom stereocenters. The van der Waals surface area contributed by atoms with Gasteiger partial charge in [-0.3, -0.25) is 0 Å². The van der Waals surface area contributed by atoms with Crippen molar-refractivity contribution in [2.24, 2.45) is 0 Å². The molecule has 0 aliphatic heterocycles. The molecule has 0 aliphatic rings. The Hall–Kier alpha value is -4.90. The van der Waals surface area contributed by atoms with Crippen molar-refractivity contribution in [3.05, 3.63) is 65.9 Å². The van der Waals surface area contributed by atoms with E-state index < -0.39 is 5.97 Å². The molecule has 2 heterocycles. The molecule has 0 radical (unpaired) electrons. The lowest BCUT2D eigenvalue weighted by Gasteiger charge is -2.17. The monoisotopic (exact) mass is 545 g/mol. The molecule has 0 aliphatic carbocycles. The van der Waals surface area contributed by atoms with Crippen molar-refractivity contribution in [2.45, 2.75) is 0 Å². The number of fused-ring (bicyclic) bond motifs is 2. The van der Waals surface area contributed by atoms with Crippen LogP contribution in [0.2, 0.25) is 0 Å². The lowest BCUT2D eigenvalue weighted by atomic mass is 9.93. The number of aromatic nitrogens is 3. The Morgan fingerprint density at radius 1 is 0.821 bits per heavy atom. The number of hydrogen-bond donors (Lipinski definition) is 1. The van der Waals surface area contributed by atoms with Gasteiger partial charge in [0, 0.05) is 17.0 Å². The summed E-state index contributed by atoms with van der Waals surface area (Å²) in [5.41, 5.74) is 3.04. The zero-order valence-corrected chi connectivity index (χ0v) is 22.3. The third-order valence-electron chi connectivity index (χ3n) is 6.11. The fraction of sp³-hybridized carbons (Fsp3) is 0.143. The third kappa shape index (κ3) is 4.75. The number of carbonyl (C=O) groups excluding carboxylic acids is 1. The number of H-pyrrole nitrogens is 1. The first-order valence-corrected chi connectivity index (χ1v) is 12.4. The van der Waals surface area contributed by atoms with Gasteiger partial charge in [0.2, 0.25) is 0 Å². The van der Waals surface area contributed by atoms with Crippen LogP contribution in [0.5, 0.6) is 29.0 Å². The number of ether oxygens (including phenoxy) is 5. The summed E-state index contributed by atoms with van der Waals surface area (Å²) in [6.45, 7) is 0. The highest BCUT2D eigenvalue weighted by Gasteiger charge is 2.26. The van der Waals surface area contributed by atoms with Gasteiger partial charge in [0.25, 0.3) is 0 Å². The largest absolute Gasteiger partial charge is 0.493 e. The molecule has 3 aromatic carbocycles. The van der Waals surface area contributed by atoms with Crippen molar-refractivity contribution < 1.29 is 32.7 Å². The smallest absolute Gasteiger partial charge is 0.348 e. The second-order valence-electron chi connectivity index (χ2n) is 8.20. The Kier molecular flexibility index (Phi) is 7.15. The van der Waals surface area contributed by atoms with Crippen LogP contribution >= 0.6 is 0 Å². The van der Waals surface area contributed by atoms with Gasteiger partial charge in [-0.05, 0) is 35.9 Å². The number of imidazole rings is 1. The van der Waals surface area contributed by atoms with E-state index in [-0.39, 0.29) is 28.5 Å². The molecule has 0 saturated carbocycles. The summed E-state index contributed by atoms with van der Waals surface area (Å²) >= 11 is 0.171. The number of pyridine rings is 1. The first-order chi connectivity index (χ1) is 19.0. The molecular formula is C28H23N3O7S. The van der Waals surface area contributed by atoms with E-state index in [1.165, 1.54) is 33.8 Å². The van der Waals surface area contributed by atoms with Gasteiger partial charge < -0.3 is 28.7 Å². The number of hydrogen-bond acceptors (Lipinski definition) is 9. The van der Waals surface area contributed by atoms with E-state index in [4.69, 9.17) is 23.7 Å². The lowest BCUT2D eigenvalue weighted by Crippen LogP contribution is -2.16. The highest BCUT2D eigenvalue weighted by Crippen LogP contribution is 2.41. The zero-order chi connectivity index (χ0) is 27.5. The van der Waals surface area contributed by atoms with Crippen molar-refractivity contribution in [3.8, 4) is 40.1 Å². The van der Waals surface area contributed by atoms with Gasteiger partial charge in [-0.1, -0.05) is 18.2 Å². The number of nitrogens with one attached hydrogen (secondary N) is 1.